The van der Waals surface area contributed by atoms with Crippen LogP contribution in [-0.2, 0) is 9.53 Å². The van der Waals surface area contributed by atoms with Crippen molar-refractivity contribution in [1.82, 2.24) is 5.32 Å². The zero-order valence-electron chi connectivity index (χ0n) is 9.07. The van der Waals surface area contributed by atoms with Crippen molar-refractivity contribution >= 4 is 39.4 Å². The van der Waals surface area contributed by atoms with Crippen LogP contribution in [-0.4, -0.2) is 30.4 Å². The number of halogens is 2. The van der Waals surface area contributed by atoms with Gasteiger partial charge < -0.3 is 10.1 Å². The zero-order chi connectivity index (χ0) is 12.8. The third-order valence-corrected chi connectivity index (χ3v) is 3.04. The zero-order valence-corrected chi connectivity index (χ0v) is 11.4. The van der Waals surface area contributed by atoms with Crippen LogP contribution in [0.1, 0.15) is 10.4 Å². The van der Waals surface area contributed by atoms with E-state index in [0.717, 1.165) is 0 Å². The number of methoxy groups -OCH3 is 1. The Kier molecular flexibility index (Phi) is 5.44. The van der Waals surface area contributed by atoms with E-state index in [1.807, 2.05) is 0 Å². The number of hydrogen-bond donors (Lipinski definition) is 1. The van der Waals surface area contributed by atoms with E-state index in [-0.39, 0.29) is 12.5 Å². The molecular weight excluding hydrogens is 309 g/mol. The van der Waals surface area contributed by atoms with Gasteiger partial charge in [0.15, 0.2) is 0 Å². The third kappa shape index (κ3) is 4.02. The molecule has 0 radical (unpaired) electrons. The molecular formula is C11H11BrClNO3. The smallest absolute Gasteiger partial charge is 0.321 e. The Labute approximate surface area is 112 Å². The number of esters is 1. The van der Waals surface area contributed by atoms with E-state index in [9.17, 15) is 9.59 Å². The molecule has 0 saturated heterocycles. The second-order valence-corrected chi connectivity index (χ2v) is 4.69. The van der Waals surface area contributed by atoms with Crippen LogP contribution >= 0.6 is 27.5 Å². The van der Waals surface area contributed by atoms with Crippen molar-refractivity contribution in [3.05, 3.63) is 34.9 Å². The minimum Gasteiger partial charge on any atom is -0.468 e. The summed E-state index contributed by atoms with van der Waals surface area (Å²) in [4.78, 5) is 22.2. The number of alkyl halides is 1. The third-order valence-electron chi connectivity index (χ3n) is 2.02. The number of amides is 1. The molecule has 17 heavy (non-hydrogen) atoms. The highest BCUT2D eigenvalue weighted by Gasteiger charge is 2.17. The molecule has 1 amide bonds. The molecule has 4 nitrogen and oxygen atoms in total. The highest BCUT2D eigenvalue weighted by molar-refractivity contribution is 9.10. The van der Waals surface area contributed by atoms with Crippen molar-refractivity contribution in [1.29, 1.82) is 0 Å². The average molecular weight is 321 g/mol. The van der Waals surface area contributed by atoms with Gasteiger partial charge in [-0.3, -0.25) is 9.59 Å². The Hall–Kier alpha value is -1.07. The van der Waals surface area contributed by atoms with Crippen LogP contribution in [0.3, 0.4) is 0 Å². The number of rotatable bonds is 4. The topological polar surface area (TPSA) is 55.4 Å². The normalized spacial score (nSPS) is 11.7. The average Bonchev–Trinajstić information content (AvgIpc) is 2.35. The van der Waals surface area contributed by atoms with Crippen molar-refractivity contribution in [2.24, 2.45) is 0 Å². The molecule has 1 unspecified atom stereocenters. The van der Waals surface area contributed by atoms with Crippen molar-refractivity contribution < 1.29 is 14.3 Å². The maximum absolute atomic E-state index is 11.7. The maximum Gasteiger partial charge on any atom is 0.321 e. The molecule has 1 aromatic carbocycles. The van der Waals surface area contributed by atoms with Gasteiger partial charge in [-0.2, -0.15) is 0 Å². The minimum absolute atomic E-state index is 0.136. The Balaban J connectivity index is 2.57. The number of carbonyl (C=O) groups is 2. The first-order valence-electron chi connectivity index (χ1n) is 4.81. The SMILES string of the molecule is COC(=O)C(Br)CNC(=O)c1ccccc1Cl. The van der Waals surface area contributed by atoms with Crippen LogP contribution in [0, 0.1) is 0 Å². The Morgan fingerprint density at radius 2 is 2.12 bits per heavy atom. The standard InChI is InChI=1S/C11H11BrClNO3/c1-17-11(16)8(12)6-14-10(15)7-4-2-3-5-9(7)13/h2-5,8H,6H2,1H3,(H,14,15). The summed E-state index contributed by atoms with van der Waals surface area (Å²) in [5.41, 5.74) is 0.374. The lowest BCUT2D eigenvalue weighted by Crippen LogP contribution is -2.34. The molecule has 1 aromatic rings. The molecule has 1 rings (SSSR count). The van der Waals surface area contributed by atoms with Gasteiger partial charge in [-0.05, 0) is 12.1 Å². The lowest BCUT2D eigenvalue weighted by molar-refractivity contribution is -0.139. The van der Waals surface area contributed by atoms with E-state index >= 15 is 0 Å². The van der Waals surface area contributed by atoms with E-state index in [1.54, 1.807) is 24.3 Å². The molecule has 0 spiro atoms. The first-order chi connectivity index (χ1) is 8.06. The summed E-state index contributed by atoms with van der Waals surface area (Å²) in [6.07, 6.45) is 0. The summed E-state index contributed by atoms with van der Waals surface area (Å²) in [5, 5.41) is 2.95. The summed E-state index contributed by atoms with van der Waals surface area (Å²) in [6, 6.07) is 6.69. The van der Waals surface area contributed by atoms with Gasteiger partial charge in [0.1, 0.15) is 4.83 Å². The van der Waals surface area contributed by atoms with Crippen molar-refractivity contribution in [3.63, 3.8) is 0 Å². The summed E-state index contributed by atoms with van der Waals surface area (Å²) < 4.78 is 4.51. The molecule has 0 saturated carbocycles. The number of ether oxygens (including phenoxy) is 1. The van der Waals surface area contributed by atoms with Gasteiger partial charge in [0.25, 0.3) is 5.91 Å². The first kappa shape index (κ1) is 14.0. The highest BCUT2D eigenvalue weighted by Crippen LogP contribution is 2.14. The molecule has 0 fully saturated rings. The van der Waals surface area contributed by atoms with Gasteiger partial charge in [-0.15, -0.1) is 0 Å². The van der Waals surface area contributed by atoms with E-state index in [1.165, 1.54) is 7.11 Å². The van der Waals surface area contributed by atoms with Gasteiger partial charge in [0.05, 0.1) is 17.7 Å². The van der Waals surface area contributed by atoms with Crippen molar-refractivity contribution in [2.45, 2.75) is 4.83 Å². The van der Waals surface area contributed by atoms with Gasteiger partial charge in [-0.1, -0.05) is 39.7 Å². The predicted octanol–water partition coefficient (Wildman–Crippen LogP) is 2.01. The number of carbonyl (C=O) groups excluding carboxylic acids is 2. The molecule has 1 atom stereocenters. The Morgan fingerprint density at radius 1 is 1.47 bits per heavy atom. The van der Waals surface area contributed by atoms with E-state index in [4.69, 9.17) is 11.6 Å². The van der Waals surface area contributed by atoms with Gasteiger partial charge >= 0.3 is 5.97 Å². The van der Waals surface area contributed by atoms with Gasteiger partial charge in [-0.25, -0.2) is 0 Å². The van der Waals surface area contributed by atoms with Crippen LogP contribution in [0.15, 0.2) is 24.3 Å². The van der Waals surface area contributed by atoms with E-state index < -0.39 is 10.8 Å². The van der Waals surface area contributed by atoms with E-state index in [2.05, 4.69) is 26.0 Å². The summed E-state index contributed by atoms with van der Waals surface area (Å²) in [7, 11) is 1.28. The summed E-state index contributed by atoms with van der Waals surface area (Å²) in [5.74, 6) is -0.770. The second kappa shape index (κ2) is 6.61. The second-order valence-electron chi connectivity index (χ2n) is 3.18. The summed E-state index contributed by atoms with van der Waals surface area (Å²) >= 11 is 8.96. The van der Waals surface area contributed by atoms with Gasteiger partial charge in [0.2, 0.25) is 0 Å². The van der Waals surface area contributed by atoms with Crippen molar-refractivity contribution in [2.75, 3.05) is 13.7 Å². The minimum atomic E-state index is -0.570. The van der Waals surface area contributed by atoms with Crippen LogP contribution in [0.5, 0.6) is 0 Å². The lowest BCUT2D eigenvalue weighted by Gasteiger charge is -2.09. The predicted molar refractivity (Wildman–Crippen MR) is 68.5 cm³/mol. The molecule has 92 valence electrons. The molecule has 1 N–H and O–H groups in total. The molecule has 0 bridgehead atoms. The number of hydrogen-bond acceptors (Lipinski definition) is 3. The Bertz CT molecular complexity index is 425. The summed E-state index contributed by atoms with van der Waals surface area (Å²) in [6.45, 7) is 0.136. The molecule has 6 heteroatoms. The highest BCUT2D eigenvalue weighted by atomic mass is 79.9. The van der Waals surface area contributed by atoms with Crippen LogP contribution in [0.25, 0.3) is 0 Å². The van der Waals surface area contributed by atoms with E-state index in [0.29, 0.717) is 10.6 Å². The fourth-order valence-electron chi connectivity index (χ4n) is 1.13. The monoisotopic (exact) mass is 319 g/mol. The first-order valence-corrected chi connectivity index (χ1v) is 6.10. The van der Waals surface area contributed by atoms with Gasteiger partial charge in [0, 0.05) is 6.54 Å². The van der Waals surface area contributed by atoms with Crippen LogP contribution < -0.4 is 5.32 Å². The Morgan fingerprint density at radius 3 is 2.71 bits per heavy atom. The number of nitrogens with one attached hydrogen (secondary N) is 1. The molecule has 0 aliphatic heterocycles. The lowest BCUT2D eigenvalue weighted by atomic mass is 10.2. The van der Waals surface area contributed by atoms with Crippen molar-refractivity contribution in [3.8, 4) is 0 Å². The fourth-order valence-corrected chi connectivity index (χ4v) is 1.70. The number of benzene rings is 1. The molecule has 0 aliphatic carbocycles. The maximum atomic E-state index is 11.7. The molecule has 0 aliphatic rings. The quantitative estimate of drug-likeness (QED) is 0.682. The van der Waals surface area contributed by atoms with Crippen LogP contribution in [0.2, 0.25) is 5.02 Å². The van der Waals surface area contributed by atoms with Crippen LogP contribution in [0.4, 0.5) is 0 Å². The fraction of sp³-hybridized carbons (Fsp3) is 0.273. The molecule has 0 aromatic heterocycles. The molecule has 0 heterocycles. The largest absolute Gasteiger partial charge is 0.468 e.